The molecule has 3 atom stereocenters. The number of ketones is 3. The van der Waals surface area contributed by atoms with Crippen molar-refractivity contribution < 1.29 is 14.4 Å². The zero-order chi connectivity index (χ0) is 26.1. The van der Waals surface area contributed by atoms with E-state index in [4.69, 9.17) is 0 Å². The molecule has 3 unspecified atom stereocenters. The summed E-state index contributed by atoms with van der Waals surface area (Å²) in [6, 6.07) is 0. The maximum Gasteiger partial charge on any atom is 0.229 e. The van der Waals surface area contributed by atoms with Gasteiger partial charge in [0.1, 0.15) is 5.78 Å². The van der Waals surface area contributed by atoms with Crippen LogP contribution in [0.3, 0.4) is 0 Å². The van der Waals surface area contributed by atoms with Crippen LogP contribution in [-0.2, 0) is 14.4 Å². The lowest BCUT2D eigenvalue weighted by Crippen LogP contribution is -2.34. The van der Waals surface area contributed by atoms with E-state index in [1.807, 2.05) is 13.8 Å². The second-order valence-electron chi connectivity index (χ2n) is 12.2. The minimum absolute atomic E-state index is 0.102. The highest BCUT2D eigenvalue weighted by molar-refractivity contribution is 6.45. The van der Waals surface area contributed by atoms with Gasteiger partial charge in [-0.3, -0.25) is 14.4 Å². The number of allylic oxidation sites excluding steroid dienone is 10. The van der Waals surface area contributed by atoms with E-state index < -0.39 is 0 Å². The van der Waals surface area contributed by atoms with Crippen molar-refractivity contribution in [2.75, 3.05) is 0 Å². The van der Waals surface area contributed by atoms with Gasteiger partial charge in [-0.15, -0.1) is 0 Å². The molecule has 0 aromatic heterocycles. The minimum Gasteiger partial charge on any atom is -0.299 e. The first-order valence-electron chi connectivity index (χ1n) is 14.2. The predicted molar refractivity (Wildman–Crippen MR) is 146 cm³/mol. The lowest BCUT2D eigenvalue weighted by atomic mass is 9.67. The summed E-state index contributed by atoms with van der Waals surface area (Å²) >= 11 is 0. The molecule has 4 aliphatic rings. The third-order valence-electron chi connectivity index (χ3n) is 9.08. The Morgan fingerprint density at radius 3 is 2.33 bits per heavy atom. The van der Waals surface area contributed by atoms with Gasteiger partial charge in [0.05, 0.1) is 0 Å². The van der Waals surface area contributed by atoms with Gasteiger partial charge in [0.25, 0.3) is 0 Å². The molecule has 0 amide bonds. The molecule has 4 rings (SSSR count). The van der Waals surface area contributed by atoms with Crippen LogP contribution < -0.4 is 0 Å². The van der Waals surface area contributed by atoms with E-state index in [0.29, 0.717) is 29.6 Å². The number of hydrogen-bond acceptors (Lipinski definition) is 3. The number of hydrogen-bond donors (Lipinski definition) is 0. The monoisotopic (exact) mass is 488 g/mol. The van der Waals surface area contributed by atoms with Gasteiger partial charge < -0.3 is 0 Å². The number of Topliss-reactive ketones (excluding diaryl/α,β-unsaturated/α-hetero) is 3. The van der Waals surface area contributed by atoms with Crippen LogP contribution in [0.5, 0.6) is 0 Å². The molecule has 0 N–H and O–H groups in total. The molecule has 0 aromatic carbocycles. The van der Waals surface area contributed by atoms with Crippen LogP contribution in [0.25, 0.3) is 0 Å². The Labute approximate surface area is 217 Å². The van der Waals surface area contributed by atoms with Crippen molar-refractivity contribution in [1.82, 2.24) is 0 Å². The van der Waals surface area contributed by atoms with Crippen LogP contribution in [-0.4, -0.2) is 17.3 Å². The number of fused-ring (bicyclic) bond motifs is 1. The Hall–Kier alpha value is -2.29. The van der Waals surface area contributed by atoms with Crippen LogP contribution in [0.15, 0.2) is 57.7 Å². The van der Waals surface area contributed by atoms with Crippen molar-refractivity contribution in [1.29, 1.82) is 0 Å². The normalized spacial score (nSPS) is 30.4. The van der Waals surface area contributed by atoms with E-state index in [2.05, 4.69) is 38.2 Å². The molecule has 4 aliphatic carbocycles. The van der Waals surface area contributed by atoms with E-state index in [1.54, 1.807) is 13.8 Å². The van der Waals surface area contributed by atoms with Gasteiger partial charge in [-0.2, -0.15) is 0 Å². The highest BCUT2D eigenvalue weighted by Crippen LogP contribution is 2.48. The molecule has 0 saturated heterocycles. The van der Waals surface area contributed by atoms with Gasteiger partial charge in [-0.05, 0) is 94.1 Å². The molecular formula is C33H44O3. The molecule has 0 spiro atoms. The molecule has 3 nitrogen and oxygen atoms in total. The van der Waals surface area contributed by atoms with E-state index >= 15 is 0 Å². The first-order valence-corrected chi connectivity index (χ1v) is 14.2. The van der Waals surface area contributed by atoms with Crippen molar-refractivity contribution in [3.05, 3.63) is 57.7 Å². The van der Waals surface area contributed by atoms with Crippen molar-refractivity contribution in [3.63, 3.8) is 0 Å². The fraction of sp³-hybridized carbons (Fsp3) is 0.606. The van der Waals surface area contributed by atoms with Crippen molar-refractivity contribution >= 4 is 17.3 Å². The average molecular weight is 489 g/mol. The Balaban J connectivity index is 1.51. The van der Waals surface area contributed by atoms with Gasteiger partial charge in [-0.1, -0.05) is 68.7 Å². The standard InChI is InChI=1S/C33H44O3/c1-7-25-18-27-16-21(5)28(33(36)31(34)19(2)3)29(27)22(6)30(25)32(35)26-14-12-24(13-15-26)17-23-10-8-20(4)9-11-23/h8,10-11,18-20,24-26,30H,7,9,12-17H2,1-6H3. The number of carbonyl (C=O) groups is 3. The zero-order valence-electron chi connectivity index (χ0n) is 23.2. The molecule has 3 heteroatoms. The smallest absolute Gasteiger partial charge is 0.229 e. The van der Waals surface area contributed by atoms with Gasteiger partial charge in [-0.25, -0.2) is 0 Å². The summed E-state index contributed by atoms with van der Waals surface area (Å²) in [6.45, 7) is 12.0. The Bertz CT molecular complexity index is 1080. The van der Waals surface area contributed by atoms with E-state index in [1.165, 1.54) is 5.57 Å². The van der Waals surface area contributed by atoms with E-state index in [-0.39, 0.29) is 35.2 Å². The molecule has 0 heterocycles. The Kier molecular flexibility index (Phi) is 8.17. The van der Waals surface area contributed by atoms with Gasteiger partial charge in [0, 0.05) is 23.3 Å². The molecule has 0 aliphatic heterocycles. The van der Waals surface area contributed by atoms with Gasteiger partial charge >= 0.3 is 0 Å². The summed E-state index contributed by atoms with van der Waals surface area (Å²) in [4.78, 5) is 39.8. The zero-order valence-corrected chi connectivity index (χ0v) is 23.2. The topological polar surface area (TPSA) is 51.2 Å². The SMILES string of the molecule is CCC1C=C2CC(C)=C(C(=O)C(=O)C(C)C)C2=C(C)C1C(=O)C1CCC(CC2=CCC(C)C=C2)CC1. The lowest BCUT2D eigenvalue weighted by Gasteiger charge is -2.36. The summed E-state index contributed by atoms with van der Waals surface area (Å²) in [5.74, 6) is 0.750. The molecule has 194 valence electrons. The maximum absolute atomic E-state index is 14.0. The second-order valence-corrected chi connectivity index (χ2v) is 12.2. The molecule has 1 fully saturated rings. The summed E-state index contributed by atoms with van der Waals surface area (Å²) in [5, 5.41) is 0. The number of carbonyl (C=O) groups excluding carboxylic acids is 3. The Morgan fingerprint density at radius 1 is 1.06 bits per heavy atom. The largest absolute Gasteiger partial charge is 0.299 e. The van der Waals surface area contributed by atoms with E-state index in [0.717, 1.165) is 67.2 Å². The van der Waals surface area contributed by atoms with Gasteiger partial charge in [0.2, 0.25) is 11.6 Å². The molecular weight excluding hydrogens is 444 g/mol. The summed E-state index contributed by atoms with van der Waals surface area (Å²) < 4.78 is 0. The Morgan fingerprint density at radius 2 is 1.75 bits per heavy atom. The van der Waals surface area contributed by atoms with Crippen LogP contribution in [0.1, 0.15) is 92.9 Å². The van der Waals surface area contributed by atoms with Crippen molar-refractivity contribution in [2.24, 2.45) is 35.5 Å². The lowest BCUT2D eigenvalue weighted by molar-refractivity contribution is -0.136. The van der Waals surface area contributed by atoms with Crippen LogP contribution in [0.4, 0.5) is 0 Å². The highest BCUT2D eigenvalue weighted by Gasteiger charge is 2.42. The first-order chi connectivity index (χ1) is 17.1. The molecule has 1 saturated carbocycles. The third kappa shape index (κ3) is 5.22. The van der Waals surface area contributed by atoms with Gasteiger partial charge in [0.15, 0.2) is 0 Å². The quantitative estimate of drug-likeness (QED) is 0.329. The molecule has 0 radical (unpaired) electrons. The summed E-state index contributed by atoms with van der Waals surface area (Å²) in [7, 11) is 0. The maximum atomic E-state index is 14.0. The third-order valence-corrected chi connectivity index (χ3v) is 9.08. The molecule has 36 heavy (non-hydrogen) atoms. The fourth-order valence-corrected chi connectivity index (χ4v) is 6.89. The van der Waals surface area contributed by atoms with Crippen LogP contribution >= 0.6 is 0 Å². The first kappa shape index (κ1) is 26.8. The summed E-state index contributed by atoms with van der Waals surface area (Å²) in [5.41, 5.74) is 6.10. The molecule has 0 bridgehead atoms. The second kappa shape index (κ2) is 11.0. The van der Waals surface area contributed by atoms with Crippen molar-refractivity contribution in [3.8, 4) is 0 Å². The van der Waals surface area contributed by atoms with Crippen LogP contribution in [0, 0.1) is 35.5 Å². The number of rotatable bonds is 8. The minimum atomic E-state index is -0.373. The highest BCUT2D eigenvalue weighted by atomic mass is 16.2. The summed E-state index contributed by atoms with van der Waals surface area (Å²) in [6.07, 6.45) is 17.3. The fourth-order valence-electron chi connectivity index (χ4n) is 6.89. The van der Waals surface area contributed by atoms with Crippen molar-refractivity contribution in [2.45, 2.75) is 92.9 Å². The average Bonchev–Trinajstić information content (AvgIpc) is 3.20. The molecule has 0 aromatic rings. The van der Waals surface area contributed by atoms with Crippen LogP contribution in [0.2, 0.25) is 0 Å². The van der Waals surface area contributed by atoms with E-state index in [9.17, 15) is 14.4 Å². The predicted octanol–water partition coefficient (Wildman–Crippen LogP) is 7.69.